The molecular formula is C16H14ClNO5. The summed E-state index contributed by atoms with van der Waals surface area (Å²) < 4.78 is 10.7. The SMILES string of the molecule is O=C(O)c1ccc(C(=O)NC2CCOC2c2ccc(Cl)cc2)o1. The van der Waals surface area contributed by atoms with E-state index in [4.69, 9.17) is 25.9 Å². The van der Waals surface area contributed by atoms with E-state index in [-0.39, 0.29) is 23.7 Å². The molecule has 0 radical (unpaired) electrons. The molecule has 2 atom stereocenters. The van der Waals surface area contributed by atoms with Crippen molar-refractivity contribution < 1.29 is 23.8 Å². The number of nitrogens with one attached hydrogen (secondary N) is 1. The molecule has 23 heavy (non-hydrogen) atoms. The Morgan fingerprint density at radius 2 is 1.83 bits per heavy atom. The zero-order valence-electron chi connectivity index (χ0n) is 12.0. The molecule has 0 saturated carbocycles. The van der Waals surface area contributed by atoms with E-state index in [1.54, 1.807) is 12.1 Å². The first kappa shape index (κ1) is 15.6. The van der Waals surface area contributed by atoms with E-state index in [1.807, 2.05) is 12.1 Å². The van der Waals surface area contributed by atoms with Crippen molar-refractivity contribution >= 4 is 23.5 Å². The van der Waals surface area contributed by atoms with Gasteiger partial charge in [-0.05, 0) is 36.2 Å². The number of hydrogen-bond donors (Lipinski definition) is 2. The van der Waals surface area contributed by atoms with Crippen LogP contribution in [0.3, 0.4) is 0 Å². The van der Waals surface area contributed by atoms with Gasteiger partial charge in [-0.3, -0.25) is 4.79 Å². The highest BCUT2D eigenvalue weighted by Crippen LogP contribution is 2.30. The van der Waals surface area contributed by atoms with Crippen LogP contribution >= 0.6 is 11.6 Å². The number of aromatic carboxylic acids is 1. The predicted molar refractivity (Wildman–Crippen MR) is 81.7 cm³/mol. The average Bonchev–Trinajstić information content (AvgIpc) is 3.17. The van der Waals surface area contributed by atoms with E-state index in [2.05, 4.69) is 5.32 Å². The molecule has 1 amide bonds. The number of benzene rings is 1. The van der Waals surface area contributed by atoms with Gasteiger partial charge in [-0.2, -0.15) is 0 Å². The maximum absolute atomic E-state index is 12.2. The van der Waals surface area contributed by atoms with Gasteiger partial charge in [0, 0.05) is 11.6 Å². The Kier molecular flexibility index (Phi) is 4.36. The van der Waals surface area contributed by atoms with Crippen molar-refractivity contribution in [1.29, 1.82) is 0 Å². The second-order valence-corrected chi connectivity index (χ2v) is 5.62. The molecule has 2 heterocycles. The molecule has 7 heteroatoms. The Bertz CT molecular complexity index is 724. The van der Waals surface area contributed by atoms with Crippen LogP contribution in [-0.2, 0) is 4.74 Å². The number of carbonyl (C=O) groups excluding carboxylic acids is 1. The van der Waals surface area contributed by atoms with Crippen LogP contribution in [0.1, 0.15) is 39.2 Å². The summed E-state index contributed by atoms with van der Waals surface area (Å²) in [7, 11) is 0. The normalized spacial score (nSPS) is 20.4. The third kappa shape index (κ3) is 3.38. The summed E-state index contributed by atoms with van der Waals surface area (Å²) in [5, 5.41) is 12.3. The molecule has 120 valence electrons. The molecule has 2 unspecified atom stereocenters. The molecule has 1 fully saturated rings. The third-order valence-corrected chi connectivity index (χ3v) is 3.90. The molecule has 1 saturated heterocycles. The summed E-state index contributed by atoms with van der Waals surface area (Å²) in [6.45, 7) is 0.525. The van der Waals surface area contributed by atoms with Gasteiger partial charge >= 0.3 is 5.97 Å². The molecule has 0 aliphatic carbocycles. The minimum Gasteiger partial charge on any atom is -0.475 e. The Morgan fingerprint density at radius 1 is 1.13 bits per heavy atom. The van der Waals surface area contributed by atoms with Crippen molar-refractivity contribution in [3.05, 3.63) is 58.5 Å². The van der Waals surface area contributed by atoms with Crippen LogP contribution in [0, 0.1) is 0 Å². The number of carboxylic acids is 1. The van der Waals surface area contributed by atoms with Gasteiger partial charge in [0.2, 0.25) is 5.76 Å². The van der Waals surface area contributed by atoms with E-state index in [1.165, 1.54) is 12.1 Å². The quantitative estimate of drug-likeness (QED) is 0.896. The number of carboxylic acid groups (broad SMARTS) is 1. The number of hydrogen-bond acceptors (Lipinski definition) is 4. The van der Waals surface area contributed by atoms with Crippen LogP contribution in [0.15, 0.2) is 40.8 Å². The molecular weight excluding hydrogens is 322 g/mol. The molecule has 3 rings (SSSR count). The van der Waals surface area contributed by atoms with Crippen molar-refractivity contribution in [3.63, 3.8) is 0 Å². The fourth-order valence-corrected chi connectivity index (χ4v) is 2.66. The van der Waals surface area contributed by atoms with Gasteiger partial charge in [-0.1, -0.05) is 23.7 Å². The van der Waals surface area contributed by atoms with Crippen molar-refractivity contribution in [2.75, 3.05) is 6.61 Å². The molecule has 0 spiro atoms. The first-order valence-electron chi connectivity index (χ1n) is 7.05. The highest BCUT2D eigenvalue weighted by atomic mass is 35.5. The number of halogens is 1. The molecule has 2 N–H and O–H groups in total. The number of ether oxygens (including phenoxy) is 1. The monoisotopic (exact) mass is 335 g/mol. The van der Waals surface area contributed by atoms with Crippen LogP contribution in [0.2, 0.25) is 5.02 Å². The van der Waals surface area contributed by atoms with E-state index >= 15 is 0 Å². The van der Waals surface area contributed by atoms with Crippen molar-refractivity contribution in [2.45, 2.75) is 18.6 Å². The zero-order valence-corrected chi connectivity index (χ0v) is 12.7. The number of rotatable bonds is 4. The molecule has 1 aromatic heterocycles. The lowest BCUT2D eigenvalue weighted by molar-refractivity contribution is 0.0657. The summed E-state index contributed by atoms with van der Waals surface area (Å²) >= 11 is 5.88. The van der Waals surface area contributed by atoms with Crippen LogP contribution in [0.25, 0.3) is 0 Å². The van der Waals surface area contributed by atoms with E-state index in [9.17, 15) is 9.59 Å². The first-order chi connectivity index (χ1) is 11.0. The lowest BCUT2D eigenvalue weighted by atomic mass is 10.0. The van der Waals surface area contributed by atoms with Gasteiger partial charge in [0.05, 0.1) is 6.04 Å². The van der Waals surface area contributed by atoms with Gasteiger partial charge in [0.1, 0.15) is 6.10 Å². The second kappa shape index (κ2) is 6.44. The maximum Gasteiger partial charge on any atom is 0.371 e. The molecule has 6 nitrogen and oxygen atoms in total. The summed E-state index contributed by atoms with van der Waals surface area (Å²) in [5.41, 5.74) is 0.919. The van der Waals surface area contributed by atoms with E-state index in [0.717, 1.165) is 5.56 Å². The van der Waals surface area contributed by atoms with Gasteiger partial charge < -0.3 is 19.6 Å². The molecule has 1 aromatic carbocycles. The van der Waals surface area contributed by atoms with Crippen LogP contribution in [-0.4, -0.2) is 29.6 Å². The summed E-state index contributed by atoms with van der Waals surface area (Å²) in [5.74, 6) is -1.99. The van der Waals surface area contributed by atoms with E-state index in [0.29, 0.717) is 18.1 Å². The molecule has 1 aliphatic rings. The highest BCUT2D eigenvalue weighted by Gasteiger charge is 2.31. The zero-order chi connectivity index (χ0) is 16.4. The maximum atomic E-state index is 12.2. The second-order valence-electron chi connectivity index (χ2n) is 5.18. The molecule has 2 aromatic rings. The van der Waals surface area contributed by atoms with Gasteiger partial charge in [0.25, 0.3) is 5.91 Å². The summed E-state index contributed by atoms with van der Waals surface area (Å²) in [4.78, 5) is 23.0. The third-order valence-electron chi connectivity index (χ3n) is 3.65. The Balaban J connectivity index is 1.71. The van der Waals surface area contributed by atoms with Gasteiger partial charge in [-0.15, -0.1) is 0 Å². The van der Waals surface area contributed by atoms with Crippen molar-refractivity contribution in [3.8, 4) is 0 Å². The van der Waals surface area contributed by atoms with Crippen LogP contribution < -0.4 is 5.32 Å². The number of amides is 1. The molecule has 1 aliphatic heterocycles. The Hall–Kier alpha value is -2.31. The predicted octanol–water partition coefficient (Wildman–Crippen LogP) is 2.89. The fourth-order valence-electron chi connectivity index (χ4n) is 2.53. The minimum atomic E-state index is -1.22. The van der Waals surface area contributed by atoms with E-state index < -0.39 is 11.9 Å². The van der Waals surface area contributed by atoms with Crippen LogP contribution in [0.5, 0.6) is 0 Å². The smallest absolute Gasteiger partial charge is 0.371 e. The van der Waals surface area contributed by atoms with Gasteiger partial charge in [-0.25, -0.2) is 4.79 Å². The Morgan fingerprint density at radius 3 is 2.48 bits per heavy atom. The van der Waals surface area contributed by atoms with Gasteiger partial charge in [0.15, 0.2) is 5.76 Å². The fraction of sp³-hybridized carbons (Fsp3) is 0.250. The summed E-state index contributed by atoms with van der Waals surface area (Å²) in [6, 6.07) is 9.61. The first-order valence-corrected chi connectivity index (χ1v) is 7.43. The number of carbonyl (C=O) groups is 2. The molecule has 0 bridgehead atoms. The number of furan rings is 1. The Labute approximate surface area is 137 Å². The lowest BCUT2D eigenvalue weighted by Crippen LogP contribution is -2.36. The lowest BCUT2D eigenvalue weighted by Gasteiger charge is -2.19. The topological polar surface area (TPSA) is 88.8 Å². The van der Waals surface area contributed by atoms with Crippen molar-refractivity contribution in [1.82, 2.24) is 5.32 Å². The standard InChI is InChI=1S/C16H14ClNO5/c17-10-3-1-9(2-4-10)14-11(7-8-22-14)18-15(19)12-5-6-13(23-12)16(20)21/h1-6,11,14H,7-8H2,(H,18,19)(H,20,21). The van der Waals surface area contributed by atoms with Crippen LogP contribution in [0.4, 0.5) is 0 Å². The minimum absolute atomic E-state index is 0.0378. The average molecular weight is 336 g/mol. The van der Waals surface area contributed by atoms with Crippen molar-refractivity contribution in [2.24, 2.45) is 0 Å². The summed E-state index contributed by atoms with van der Waals surface area (Å²) in [6.07, 6.45) is 0.385. The highest BCUT2D eigenvalue weighted by molar-refractivity contribution is 6.30. The largest absolute Gasteiger partial charge is 0.475 e.